The predicted molar refractivity (Wildman–Crippen MR) is 124 cm³/mol. The maximum atomic E-state index is 11.7. The van der Waals surface area contributed by atoms with E-state index in [1.807, 2.05) is 49.9 Å². The number of halogens is 1. The maximum absolute atomic E-state index is 11.7. The average molecular weight is 490 g/mol. The van der Waals surface area contributed by atoms with Gasteiger partial charge in [0.05, 0.1) is 0 Å². The molecule has 26 heavy (non-hydrogen) atoms. The SMILES string of the molecule is CN=C(NCc1ccc(NC(=O)C(C)C)cc1)NC1CCC(SC)C1.I. The molecular weight excluding hydrogens is 459 g/mol. The van der Waals surface area contributed by atoms with Crippen LogP contribution in [-0.2, 0) is 11.3 Å². The first-order valence-electron chi connectivity index (χ1n) is 8.91. The third-order valence-electron chi connectivity index (χ3n) is 4.49. The van der Waals surface area contributed by atoms with E-state index in [2.05, 4.69) is 27.2 Å². The van der Waals surface area contributed by atoms with Crippen LogP contribution in [-0.4, -0.2) is 36.5 Å². The van der Waals surface area contributed by atoms with E-state index >= 15 is 0 Å². The molecule has 0 bridgehead atoms. The third kappa shape index (κ3) is 7.34. The number of hydrogen-bond donors (Lipinski definition) is 3. The zero-order valence-corrected chi connectivity index (χ0v) is 19.2. The lowest BCUT2D eigenvalue weighted by molar-refractivity contribution is -0.118. The number of anilines is 1. The lowest BCUT2D eigenvalue weighted by atomic mass is 10.1. The Balaban J connectivity index is 0.00000338. The molecule has 0 radical (unpaired) electrons. The van der Waals surface area contributed by atoms with Gasteiger partial charge < -0.3 is 16.0 Å². The fourth-order valence-electron chi connectivity index (χ4n) is 2.85. The van der Waals surface area contributed by atoms with E-state index in [4.69, 9.17) is 0 Å². The van der Waals surface area contributed by atoms with Crippen LogP contribution in [0.2, 0.25) is 0 Å². The van der Waals surface area contributed by atoms with Crippen molar-refractivity contribution in [2.24, 2.45) is 10.9 Å². The zero-order valence-electron chi connectivity index (χ0n) is 16.0. The molecule has 0 aliphatic heterocycles. The topological polar surface area (TPSA) is 65.5 Å². The average Bonchev–Trinajstić information content (AvgIpc) is 3.07. The maximum Gasteiger partial charge on any atom is 0.226 e. The number of hydrogen-bond acceptors (Lipinski definition) is 3. The van der Waals surface area contributed by atoms with E-state index in [-0.39, 0.29) is 35.8 Å². The summed E-state index contributed by atoms with van der Waals surface area (Å²) < 4.78 is 0. The Labute approximate surface area is 178 Å². The molecule has 0 heterocycles. The van der Waals surface area contributed by atoms with Crippen molar-refractivity contribution in [1.29, 1.82) is 0 Å². The molecule has 1 amide bonds. The number of nitrogens with one attached hydrogen (secondary N) is 3. The Kier molecular flexibility index (Phi) is 10.4. The first kappa shape index (κ1) is 23.1. The van der Waals surface area contributed by atoms with Crippen molar-refractivity contribution in [2.75, 3.05) is 18.6 Å². The van der Waals surface area contributed by atoms with Gasteiger partial charge in [0.2, 0.25) is 5.91 Å². The van der Waals surface area contributed by atoms with Crippen LogP contribution in [0.25, 0.3) is 0 Å². The van der Waals surface area contributed by atoms with E-state index in [0.29, 0.717) is 12.6 Å². The first-order chi connectivity index (χ1) is 12.0. The number of guanidine groups is 1. The molecule has 1 aromatic rings. The van der Waals surface area contributed by atoms with Crippen LogP contribution in [0.15, 0.2) is 29.3 Å². The number of amides is 1. The quantitative estimate of drug-likeness (QED) is 0.322. The van der Waals surface area contributed by atoms with E-state index in [1.165, 1.54) is 19.3 Å². The van der Waals surface area contributed by atoms with Crippen LogP contribution in [0.4, 0.5) is 5.69 Å². The van der Waals surface area contributed by atoms with Gasteiger partial charge in [0, 0.05) is 36.5 Å². The van der Waals surface area contributed by atoms with Crippen LogP contribution in [0.3, 0.4) is 0 Å². The minimum atomic E-state index is -0.0166. The third-order valence-corrected chi connectivity index (χ3v) is 5.58. The normalized spacial score (nSPS) is 19.8. The number of carbonyl (C=O) groups is 1. The molecule has 1 saturated carbocycles. The molecule has 2 rings (SSSR count). The number of rotatable bonds is 6. The summed E-state index contributed by atoms with van der Waals surface area (Å²) in [6, 6.07) is 8.43. The molecule has 1 aromatic carbocycles. The molecule has 0 aromatic heterocycles. The summed E-state index contributed by atoms with van der Waals surface area (Å²) in [5.74, 6) is 0.872. The summed E-state index contributed by atoms with van der Waals surface area (Å²) >= 11 is 1.96. The van der Waals surface area contributed by atoms with Gasteiger partial charge in [-0.25, -0.2) is 0 Å². The van der Waals surface area contributed by atoms with Gasteiger partial charge in [-0.1, -0.05) is 26.0 Å². The fraction of sp³-hybridized carbons (Fsp3) is 0.579. The minimum absolute atomic E-state index is 0. The molecule has 3 N–H and O–H groups in total. The second kappa shape index (κ2) is 11.7. The molecule has 0 spiro atoms. The number of carbonyl (C=O) groups excluding carboxylic acids is 1. The van der Waals surface area contributed by atoms with Crippen molar-refractivity contribution in [3.05, 3.63) is 29.8 Å². The molecule has 5 nitrogen and oxygen atoms in total. The molecule has 1 fully saturated rings. The number of thioether (sulfide) groups is 1. The van der Waals surface area contributed by atoms with Crippen molar-refractivity contribution in [1.82, 2.24) is 10.6 Å². The van der Waals surface area contributed by atoms with Gasteiger partial charge in [-0.05, 0) is 43.2 Å². The monoisotopic (exact) mass is 490 g/mol. The van der Waals surface area contributed by atoms with Crippen molar-refractivity contribution < 1.29 is 4.79 Å². The van der Waals surface area contributed by atoms with Crippen molar-refractivity contribution >= 4 is 53.3 Å². The van der Waals surface area contributed by atoms with Gasteiger partial charge in [-0.15, -0.1) is 24.0 Å². The Morgan fingerprint density at radius 1 is 1.27 bits per heavy atom. The van der Waals surface area contributed by atoms with Gasteiger partial charge in [0.25, 0.3) is 0 Å². The second-order valence-electron chi connectivity index (χ2n) is 6.78. The molecule has 2 atom stereocenters. The number of benzene rings is 1. The van der Waals surface area contributed by atoms with Crippen molar-refractivity contribution in [2.45, 2.75) is 50.9 Å². The van der Waals surface area contributed by atoms with Crippen LogP contribution in [0, 0.1) is 5.92 Å². The van der Waals surface area contributed by atoms with E-state index in [0.717, 1.165) is 22.5 Å². The van der Waals surface area contributed by atoms with Gasteiger partial charge in [0.1, 0.15) is 0 Å². The summed E-state index contributed by atoms with van der Waals surface area (Å²) in [7, 11) is 1.81. The first-order valence-corrected chi connectivity index (χ1v) is 10.2. The predicted octanol–water partition coefficient (Wildman–Crippen LogP) is 3.85. The summed E-state index contributed by atoms with van der Waals surface area (Å²) in [4.78, 5) is 16.0. The lowest BCUT2D eigenvalue weighted by Crippen LogP contribution is -2.42. The van der Waals surface area contributed by atoms with Crippen LogP contribution < -0.4 is 16.0 Å². The molecular formula is C19H31IN4OS. The molecule has 146 valence electrons. The molecule has 7 heteroatoms. The van der Waals surface area contributed by atoms with Crippen LogP contribution in [0.1, 0.15) is 38.7 Å². The highest BCUT2D eigenvalue weighted by molar-refractivity contribution is 14.0. The van der Waals surface area contributed by atoms with Crippen LogP contribution >= 0.6 is 35.7 Å². The Bertz CT molecular complexity index is 592. The smallest absolute Gasteiger partial charge is 0.226 e. The summed E-state index contributed by atoms with van der Waals surface area (Å²) in [6.07, 6.45) is 5.87. The largest absolute Gasteiger partial charge is 0.354 e. The van der Waals surface area contributed by atoms with Crippen LogP contribution in [0.5, 0.6) is 0 Å². The van der Waals surface area contributed by atoms with Gasteiger partial charge in [-0.3, -0.25) is 9.79 Å². The Morgan fingerprint density at radius 3 is 2.50 bits per heavy atom. The molecule has 1 aliphatic rings. The van der Waals surface area contributed by atoms with E-state index < -0.39 is 0 Å². The standard InChI is InChI=1S/C19H30N4OS.HI/c1-13(2)18(24)22-15-7-5-14(6-8-15)12-21-19(20-3)23-16-9-10-17(11-16)25-4;/h5-8,13,16-17H,9-12H2,1-4H3,(H,22,24)(H2,20,21,23);1H. The number of nitrogens with zero attached hydrogens (tertiary/aromatic N) is 1. The highest BCUT2D eigenvalue weighted by atomic mass is 127. The van der Waals surface area contributed by atoms with Gasteiger partial charge in [-0.2, -0.15) is 11.8 Å². The molecule has 2 unspecified atom stereocenters. The lowest BCUT2D eigenvalue weighted by Gasteiger charge is -2.17. The summed E-state index contributed by atoms with van der Waals surface area (Å²) in [5.41, 5.74) is 1.98. The fourth-order valence-corrected chi connectivity index (χ4v) is 3.65. The zero-order chi connectivity index (χ0) is 18.2. The van der Waals surface area contributed by atoms with Gasteiger partial charge in [0.15, 0.2) is 5.96 Å². The highest BCUT2D eigenvalue weighted by Gasteiger charge is 2.24. The minimum Gasteiger partial charge on any atom is -0.354 e. The summed E-state index contributed by atoms with van der Waals surface area (Å²) in [5, 5.41) is 10.6. The molecule has 0 saturated heterocycles. The molecule has 1 aliphatic carbocycles. The van der Waals surface area contributed by atoms with Gasteiger partial charge >= 0.3 is 0 Å². The summed E-state index contributed by atoms with van der Waals surface area (Å²) in [6.45, 7) is 4.48. The Morgan fingerprint density at radius 2 is 1.96 bits per heavy atom. The highest BCUT2D eigenvalue weighted by Crippen LogP contribution is 2.28. The van der Waals surface area contributed by atoms with Crippen molar-refractivity contribution in [3.63, 3.8) is 0 Å². The van der Waals surface area contributed by atoms with E-state index in [1.54, 1.807) is 7.05 Å². The Hall–Kier alpha value is -0.960. The van der Waals surface area contributed by atoms with E-state index in [9.17, 15) is 4.79 Å². The number of aliphatic imine (C=N–C) groups is 1. The van der Waals surface area contributed by atoms with Crippen molar-refractivity contribution in [3.8, 4) is 0 Å². The second-order valence-corrected chi connectivity index (χ2v) is 7.92.